The largest absolute Gasteiger partial charge is 0.361 e. The van der Waals surface area contributed by atoms with Crippen LogP contribution >= 0.6 is 0 Å². The van der Waals surface area contributed by atoms with E-state index in [4.69, 9.17) is 0 Å². The van der Waals surface area contributed by atoms with Gasteiger partial charge in [0.2, 0.25) is 0 Å². The second-order valence-electron chi connectivity index (χ2n) is 6.71. The Bertz CT molecular complexity index is 864. The van der Waals surface area contributed by atoms with Gasteiger partial charge < -0.3 is 5.32 Å². The van der Waals surface area contributed by atoms with E-state index in [1.54, 1.807) is 0 Å². The van der Waals surface area contributed by atoms with Crippen molar-refractivity contribution in [3.05, 3.63) is 106 Å². The molecule has 0 spiro atoms. The highest BCUT2D eigenvalue weighted by Crippen LogP contribution is 2.30. The first kappa shape index (κ1) is 17.0. The molecule has 0 heterocycles. The third kappa shape index (κ3) is 4.00. The van der Waals surface area contributed by atoms with Crippen molar-refractivity contribution in [1.29, 1.82) is 0 Å². The molecule has 25 heavy (non-hydrogen) atoms. The molecule has 1 nitrogen and oxygen atoms in total. The third-order valence-electron chi connectivity index (χ3n) is 4.47. The highest BCUT2D eigenvalue weighted by Gasteiger charge is 2.11. The summed E-state index contributed by atoms with van der Waals surface area (Å²) < 4.78 is 0. The molecule has 0 amide bonds. The van der Waals surface area contributed by atoms with Gasteiger partial charge >= 0.3 is 0 Å². The third-order valence-corrected chi connectivity index (χ3v) is 4.47. The molecule has 0 saturated heterocycles. The minimum Gasteiger partial charge on any atom is -0.361 e. The predicted octanol–water partition coefficient (Wildman–Crippen LogP) is 6.42. The zero-order valence-corrected chi connectivity index (χ0v) is 15.4. The Kier molecular flexibility index (Phi) is 5.04. The minimum absolute atomic E-state index is 1.10. The van der Waals surface area contributed by atoms with Crippen LogP contribution in [-0.4, -0.2) is 0 Å². The summed E-state index contributed by atoms with van der Waals surface area (Å²) in [5, 5.41) is 3.48. The first-order valence-corrected chi connectivity index (χ1v) is 8.71. The average Bonchev–Trinajstić information content (AvgIpc) is 2.59. The highest BCUT2D eigenvalue weighted by molar-refractivity contribution is 5.84. The fourth-order valence-electron chi connectivity index (χ4n) is 3.33. The van der Waals surface area contributed by atoms with Gasteiger partial charge in [-0.25, -0.2) is 0 Å². The molecule has 1 N–H and O–H groups in total. The lowest BCUT2D eigenvalue weighted by molar-refractivity contribution is 1.28. The number of benzene rings is 3. The summed E-state index contributed by atoms with van der Waals surface area (Å²) in [5.41, 5.74) is 10.0. The second kappa shape index (κ2) is 7.40. The van der Waals surface area contributed by atoms with E-state index >= 15 is 0 Å². The summed E-state index contributed by atoms with van der Waals surface area (Å²) in [7, 11) is 0. The Morgan fingerprint density at radius 2 is 1.32 bits per heavy atom. The summed E-state index contributed by atoms with van der Waals surface area (Å²) in [4.78, 5) is 0. The zero-order valence-electron chi connectivity index (χ0n) is 15.4. The highest BCUT2D eigenvalue weighted by atomic mass is 14.8. The lowest BCUT2D eigenvalue weighted by Gasteiger charge is -2.16. The number of nitrogens with one attached hydrogen (secondary N) is 1. The van der Waals surface area contributed by atoms with Gasteiger partial charge in [0.1, 0.15) is 0 Å². The van der Waals surface area contributed by atoms with Gasteiger partial charge in [-0.15, -0.1) is 0 Å². The van der Waals surface area contributed by atoms with Crippen LogP contribution in [0.1, 0.15) is 33.4 Å². The summed E-state index contributed by atoms with van der Waals surface area (Å²) in [5.74, 6) is 0. The maximum atomic E-state index is 3.48. The fraction of sp³-hybridized carbons (Fsp3) is 0.167. The van der Waals surface area contributed by atoms with Gasteiger partial charge in [0.15, 0.2) is 0 Å². The normalized spacial score (nSPS) is 11.4. The zero-order chi connectivity index (χ0) is 17.8. The Labute approximate surface area is 151 Å². The van der Waals surface area contributed by atoms with Gasteiger partial charge in [0, 0.05) is 17.5 Å². The van der Waals surface area contributed by atoms with Gasteiger partial charge in [-0.1, -0.05) is 65.7 Å². The Balaban J connectivity index is 2.08. The number of aryl methyl sites for hydroxylation is 4. The molecule has 0 saturated carbocycles. The lowest BCUT2D eigenvalue weighted by Crippen LogP contribution is -1.99. The number of rotatable bonds is 4. The number of hydrogen-bond acceptors (Lipinski definition) is 1. The summed E-state index contributed by atoms with van der Waals surface area (Å²) >= 11 is 0. The van der Waals surface area contributed by atoms with Crippen LogP contribution in [0.2, 0.25) is 0 Å². The summed E-state index contributed by atoms with van der Waals surface area (Å²) in [6.45, 7) is 8.64. The summed E-state index contributed by atoms with van der Waals surface area (Å²) in [6.07, 6.45) is 2.13. The quantitative estimate of drug-likeness (QED) is 0.583. The molecule has 0 radical (unpaired) electrons. The van der Waals surface area contributed by atoms with Crippen LogP contribution in [0.15, 0.2) is 72.9 Å². The predicted molar refractivity (Wildman–Crippen MR) is 109 cm³/mol. The maximum Gasteiger partial charge on any atom is 0.0380 e. The SMILES string of the molecule is Cc1ccc(NC=C(c2ccccc2)c2c(C)cc(C)cc2C)cc1. The molecule has 0 aliphatic heterocycles. The van der Waals surface area contributed by atoms with E-state index in [0.717, 1.165) is 5.69 Å². The van der Waals surface area contributed by atoms with Crippen molar-refractivity contribution in [1.82, 2.24) is 0 Å². The smallest absolute Gasteiger partial charge is 0.0380 e. The van der Waals surface area contributed by atoms with Crippen molar-refractivity contribution < 1.29 is 0 Å². The van der Waals surface area contributed by atoms with E-state index < -0.39 is 0 Å². The standard InChI is InChI=1S/C24H25N/c1-17-10-12-22(13-11-17)25-16-23(21-8-6-5-7-9-21)24-19(3)14-18(2)15-20(24)4/h5-16,25H,1-4H3. The molecular weight excluding hydrogens is 302 g/mol. The fourth-order valence-corrected chi connectivity index (χ4v) is 3.33. The van der Waals surface area contributed by atoms with Crippen molar-refractivity contribution in [2.24, 2.45) is 0 Å². The van der Waals surface area contributed by atoms with Crippen molar-refractivity contribution in [3.63, 3.8) is 0 Å². The van der Waals surface area contributed by atoms with E-state index in [1.165, 1.54) is 39.0 Å². The molecule has 0 atom stereocenters. The van der Waals surface area contributed by atoms with E-state index in [2.05, 4.69) is 106 Å². The number of anilines is 1. The first-order valence-electron chi connectivity index (χ1n) is 8.71. The van der Waals surface area contributed by atoms with Crippen molar-refractivity contribution >= 4 is 11.3 Å². The molecule has 3 rings (SSSR count). The van der Waals surface area contributed by atoms with E-state index in [-0.39, 0.29) is 0 Å². The van der Waals surface area contributed by atoms with Crippen LogP contribution in [0.4, 0.5) is 5.69 Å². The second-order valence-corrected chi connectivity index (χ2v) is 6.71. The Morgan fingerprint density at radius 3 is 1.92 bits per heavy atom. The van der Waals surface area contributed by atoms with Gasteiger partial charge in [-0.2, -0.15) is 0 Å². The molecule has 0 aliphatic rings. The first-order chi connectivity index (χ1) is 12.0. The molecule has 3 aromatic rings. The van der Waals surface area contributed by atoms with Gasteiger partial charge in [-0.05, 0) is 62.1 Å². The van der Waals surface area contributed by atoms with Crippen LogP contribution in [-0.2, 0) is 0 Å². The van der Waals surface area contributed by atoms with E-state index in [9.17, 15) is 0 Å². The topological polar surface area (TPSA) is 12.0 Å². The molecule has 1 heteroatoms. The van der Waals surface area contributed by atoms with Crippen LogP contribution in [0.5, 0.6) is 0 Å². The summed E-state index contributed by atoms with van der Waals surface area (Å²) in [6, 6.07) is 23.6. The molecule has 0 unspecified atom stereocenters. The minimum atomic E-state index is 1.10. The Morgan fingerprint density at radius 1 is 0.720 bits per heavy atom. The van der Waals surface area contributed by atoms with E-state index in [0.29, 0.717) is 0 Å². The average molecular weight is 327 g/mol. The van der Waals surface area contributed by atoms with Crippen molar-refractivity contribution in [2.45, 2.75) is 27.7 Å². The van der Waals surface area contributed by atoms with Crippen LogP contribution in [0.3, 0.4) is 0 Å². The molecule has 0 bridgehead atoms. The molecule has 3 aromatic carbocycles. The maximum absolute atomic E-state index is 3.48. The van der Waals surface area contributed by atoms with Gasteiger partial charge in [-0.3, -0.25) is 0 Å². The van der Waals surface area contributed by atoms with Crippen molar-refractivity contribution in [3.8, 4) is 0 Å². The van der Waals surface area contributed by atoms with Gasteiger partial charge in [0.05, 0.1) is 0 Å². The van der Waals surface area contributed by atoms with Crippen LogP contribution in [0, 0.1) is 27.7 Å². The molecule has 0 aliphatic carbocycles. The van der Waals surface area contributed by atoms with Crippen molar-refractivity contribution in [2.75, 3.05) is 5.32 Å². The van der Waals surface area contributed by atoms with Crippen LogP contribution in [0.25, 0.3) is 5.57 Å². The van der Waals surface area contributed by atoms with Gasteiger partial charge in [0.25, 0.3) is 0 Å². The molecule has 0 fully saturated rings. The number of hydrogen-bond donors (Lipinski definition) is 1. The molecule has 0 aromatic heterocycles. The Hall–Kier alpha value is -2.80. The molecule has 126 valence electrons. The molecular formula is C24H25N. The monoisotopic (exact) mass is 327 g/mol. The van der Waals surface area contributed by atoms with E-state index in [1.807, 2.05) is 0 Å². The lowest BCUT2D eigenvalue weighted by atomic mass is 9.90. The van der Waals surface area contributed by atoms with Crippen LogP contribution < -0.4 is 5.32 Å².